The van der Waals surface area contributed by atoms with Crippen LogP contribution in [0.15, 0.2) is 121 Å². The lowest BCUT2D eigenvalue weighted by Crippen LogP contribution is -2.62. The normalized spacial score (nSPS) is 22.4. The Morgan fingerprint density at radius 2 is 0.829 bits per heavy atom. The summed E-state index contributed by atoms with van der Waals surface area (Å²) in [5.74, 6) is 0. The highest BCUT2D eigenvalue weighted by atomic mass is 16.6. The summed E-state index contributed by atoms with van der Waals surface area (Å²) >= 11 is 0. The van der Waals surface area contributed by atoms with Crippen LogP contribution in [0.4, 0.5) is 0 Å². The van der Waals surface area contributed by atoms with Crippen LogP contribution in [-0.4, -0.2) is 48.8 Å². The molecule has 6 heteroatoms. The minimum Gasteiger partial charge on any atom is -0.394 e. The predicted octanol–water partition coefficient (Wildman–Crippen LogP) is 5.72. The van der Waals surface area contributed by atoms with Crippen molar-refractivity contribution in [3.05, 3.63) is 144 Å². The van der Waals surface area contributed by atoms with E-state index in [1.165, 1.54) is 0 Å². The number of aliphatic hydroxyl groups excluding tert-OH is 1. The summed E-state index contributed by atoms with van der Waals surface area (Å²) in [6.07, 6.45) is -2.66. The summed E-state index contributed by atoms with van der Waals surface area (Å²) in [5, 5.41) is 10.4. The van der Waals surface area contributed by atoms with Gasteiger partial charge in [-0.1, -0.05) is 121 Å². The minimum absolute atomic E-state index is 0.217. The fourth-order valence-electron chi connectivity index (χ4n) is 5.03. The third kappa shape index (κ3) is 8.57. The monoisotopic (exact) mass is 554 g/mol. The molecule has 1 heterocycles. The van der Waals surface area contributed by atoms with Gasteiger partial charge in [0, 0.05) is 0 Å². The number of benzene rings is 4. The zero-order valence-corrected chi connectivity index (χ0v) is 23.2. The first-order chi connectivity index (χ1) is 20.3. The van der Waals surface area contributed by atoms with Gasteiger partial charge < -0.3 is 28.8 Å². The first-order valence-electron chi connectivity index (χ1n) is 14.1. The maximum Gasteiger partial charge on any atom is 0.115 e. The Hall–Kier alpha value is -3.36. The van der Waals surface area contributed by atoms with Gasteiger partial charge >= 0.3 is 0 Å². The van der Waals surface area contributed by atoms with Crippen LogP contribution in [0.1, 0.15) is 22.3 Å². The van der Waals surface area contributed by atoms with E-state index in [-0.39, 0.29) is 13.2 Å². The topological polar surface area (TPSA) is 66.4 Å². The average Bonchev–Trinajstić information content (AvgIpc) is 3.04. The molecule has 4 aromatic carbocycles. The van der Waals surface area contributed by atoms with Crippen LogP contribution in [0.2, 0.25) is 0 Å². The first-order valence-corrected chi connectivity index (χ1v) is 14.1. The van der Waals surface area contributed by atoms with E-state index in [0.717, 1.165) is 22.3 Å². The Labute approximate surface area is 242 Å². The molecule has 1 aliphatic heterocycles. The van der Waals surface area contributed by atoms with Crippen LogP contribution >= 0.6 is 0 Å². The zero-order chi connectivity index (χ0) is 28.1. The van der Waals surface area contributed by atoms with Crippen molar-refractivity contribution in [2.45, 2.75) is 56.9 Å². The van der Waals surface area contributed by atoms with Gasteiger partial charge in [0.15, 0.2) is 0 Å². The summed E-state index contributed by atoms with van der Waals surface area (Å²) in [5.41, 5.74) is 4.19. The average molecular weight is 555 g/mol. The van der Waals surface area contributed by atoms with Gasteiger partial charge in [-0.3, -0.25) is 0 Å². The van der Waals surface area contributed by atoms with Crippen LogP contribution in [0.25, 0.3) is 0 Å². The molecule has 0 saturated carbocycles. The second-order valence-corrected chi connectivity index (χ2v) is 10.2. The molecule has 0 radical (unpaired) electrons. The highest BCUT2D eigenvalue weighted by Crippen LogP contribution is 2.31. The molecule has 6 nitrogen and oxygen atoms in total. The molecule has 41 heavy (non-hydrogen) atoms. The molecule has 0 aliphatic carbocycles. The fraction of sp³-hybridized carbons (Fsp3) is 0.314. The van der Waals surface area contributed by atoms with E-state index in [1.807, 2.05) is 121 Å². The number of hydrogen-bond acceptors (Lipinski definition) is 6. The van der Waals surface area contributed by atoms with Gasteiger partial charge in [-0.05, 0) is 22.3 Å². The van der Waals surface area contributed by atoms with E-state index < -0.39 is 30.5 Å². The Morgan fingerprint density at radius 1 is 0.463 bits per heavy atom. The predicted molar refractivity (Wildman–Crippen MR) is 157 cm³/mol. The quantitative estimate of drug-likeness (QED) is 0.215. The van der Waals surface area contributed by atoms with Crippen molar-refractivity contribution in [2.24, 2.45) is 0 Å². The van der Waals surface area contributed by atoms with E-state index in [9.17, 15) is 5.11 Å². The molecule has 0 spiro atoms. The lowest BCUT2D eigenvalue weighted by Gasteiger charge is -2.46. The lowest BCUT2D eigenvalue weighted by molar-refractivity contribution is -0.277. The molecule has 0 bridgehead atoms. The van der Waals surface area contributed by atoms with Crippen LogP contribution < -0.4 is 0 Å². The molecular weight excluding hydrogens is 516 g/mol. The Kier molecular flexibility index (Phi) is 11.1. The highest BCUT2D eigenvalue weighted by molar-refractivity contribution is 5.16. The summed E-state index contributed by atoms with van der Waals surface area (Å²) in [4.78, 5) is 0. The van der Waals surface area contributed by atoms with Crippen molar-refractivity contribution >= 4 is 0 Å². The maximum absolute atomic E-state index is 10.4. The van der Waals surface area contributed by atoms with Crippen LogP contribution in [-0.2, 0) is 50.1 Å². The highest BCUT2D eigenvalue weighted by Gasteiger charge is 2.48. The van der Waals surface area contributed by atoms with Gasteiger partial charge in [-0.25, -0.2) is 0 Å². The van der Waals surface area contributed by atoms with Crippen molar-refractivity contribution < 1.29 is 28.8 Å². The molecule has 4 aromatic rings. The molecule has 214 valence electrons. The maximum atomic E-state index is 10.4. The second-order valence-electron chi connectivity index (χ2n) is 10.2. The summed E-state index contributed by atoms with van der Waals surface area (Å²) in [7, 11) is 0. The zero-order valence-electron chi connectivity index (χ0n) is 23.2. The molecule has 0 aromatic heterocycles. The molecule has 1 N–H and O–H groups in total. The van der Waals surface area contributed by atoms with E-state index in [1.54, 1.807) is 0 Å². The molecule has 5 rings (SSSR count). The van der Waals surface area contributed by atoms with Gasteiger partial charge in [0.05, 0.1) is 39.6 Å². The Morgan fingerprint density at radius 3 is 1.24 bits per heavy atom. The van der Waals surface area contributed by atoms with Crippen LogP contribution in [0.3, 0.4) is 0 Å². The lowest BCUT2D eigenvalue weighted by atomic mass is 9.94. The van der Waals surface area contributed by atoms with Crippen LogP contribution in [0.5, 0.6) is 0 Å². The fourth-order valence-corrected chi connectivity index (χ4v) is 5.03. The van der Waals surface area contributed by atoms with E-state index in [0.29, 0.717) is 26.4 Å². The van der Waals surface area contributed by atoms with Crippen molar-refractivity contribution in [3.8, 4) is 0 Å². The molecule has 5 atom stereocenters. The van der Waals surface area contributed by atoms with Crippen molar-refractivity contribution in [1.29, 1.82) is 0 Å². The van der Waals surface area contributed by atoms with Gasteiger partial charge in [0.25, 0.3) is 0 Å². The summed E-state index contributed by atoms with van der Waals surface area (Å²) in [6, 6.07) is 40.1. The van der Waals surface area contributed by atoms with Crippen molar-refractivity contribution in [2.75, 3.05) is 13.2 Å². The molecule has 2 unspecified atom stereocenters. The van der Waals surface area contributed by atoms with E-state index >= 15 is 0 Å². The number of rotatable bonds is 14. The standard InChI is InChI=1S/C35H38O6/c36-21-31-33(38-23-28-15-7-2-8-16-28)35(40-25-30-19-11-4-12-20-30)34(39-24-29-17-9-3-10-18-29)32(41-31)26-37-22-27-13-5-1-6-14-27/h1-20,31-36H,21-26H2/t31-,32?,33?,34+,35+/m1/s1. The minimum atomic E-state index is -0.610. The number of ether oxygens (including phenoxy) is 5. The van der Waals surface area contributed by atoms with Crippen molar-refractivity contribution in [1.82, 2.24) is 0 Å². The first kappa shape index (κ1) is 29.1. The third-order valence-electron chi connectivity index (χ3n) is 7.16. The molecule has 1 saturated heterocycles. The smallest absolute Gasteiger partial charge is 0.115 e. The molecular formula is C35H38O6. The van der Waals surface area contributed by atoms with Gasteiger partial charge in [0.2, 0.25) is 0 Å². The number of hydrogen-bond donors (Lipinski definition) is 1. The van der Waals surface area contributed by atoms with Crippen LogP contribution in [0, 0.1) is 0 Å². The largest absolute Gasteiger partial charge is 0.394 e. The third-order valence-corrected chi connectivity index (χ3v) is 7.16. The van der Waals surface area contributed by atoms with Gasteiger partial charge in [0.1, 0.15) is 30.5 Å². The SMILES string of the molecule is OC[C@H]1OC(COCc2ccccc2)[C@H](OCc2ccccc2)[C@@H](OCc2ccccc2)C1OCc1ccccc1. The van der Waals surface area contributed by atoms with Gasteiger partial charge in [-0.2, -0.15) is 0 Å². The van der Waals surface area contributed by atoms with Gasteiger partial charge in [-0.15, -0.1) is 0 Å². The molecule has 1 aliphatic rings. The van der Waals surface area contributed by atoms with E-state index in [4.69, 9.17) is 23.7 Å². The van der Waals surface area contributed by atoms with Crippen molar-refractivity contribution in [3.63, 3.8) is 0 Å². The Balaban J connectivity index is 1.38. The summed E-state index contributed by atoms with van der Waals surface area (Å²) in [6.45, 7) is 1.62. The van der Waals surface area contributed by atoms with E-state index in [2.05, 4.69) is 0 Å². The molecule has 1 fully saturated rings. The summed E-state index contributed by atoms with van der Waals surface area (Å²) < 4.78 is 32.2. The second kappa shape index (κ2) is 15.6. The molecule has 0 amide bonds. The number of aliphatic hydroxyl groups is 1. The Bertz CT molecular complexity index is 1260.